The first-order chi connectivity index (χ1) is 12.0. The van der Waals surface area contributed by atoms with E-state index in [9.17, 15) is 9.59 Å². The van der Waals surface area contributed by atoms with Crippen LogP contribution in [0.1, 0.15) is 23.7 Å². The average Bonchev–Trinajstić information content (AvgIpc) is 3.01. The Balaban J connectivity index is 1.54. The molecule has 0 N–H and O–H groups in total. The van der Waals surface area contributed by atoms with Crippen molar-refractivity contribution in [2.75, 3.05) is 13.1 Å². The molecule has 0 radical (unpaired) electrons. The molecule has 1 amide bonds. The van der Waals surface area contributed by atoms with Gasteiger partial charge in [0.2, 0.25) is 5.91 Å². The van der Waals surface area contributed by atoms with Gasteiger partial charge in [0.1, 0.15) is 0 Å². The van der Waals surface area contributed by atoms with Crippen LogP contribution < -0.4 is 5.56 Å². The lowest BCUT2D eigenvalue weighted by Crippen LogP contribution is -2.48. The lowest BCUT2D eigenvalue weighted by atomic mass is 9.83. The first kappa shape index (κ1) is 16.3. The number of carbonyl (C=O) groups is 1. The number of hydrogen-bond acceptors (Lipinski definition) is 3. The highest BCUT2D eigenvalue weighted by molar-refractivity contribution is 9.10. The normalized spacial score (nSPS) is 22.2. The van der Waals surface area contributed by atoms with Crippen LogP contribution in [0.25, 0.3) is 6.08 Å². The molecule has 0 aromatic carbocycles. The molecule has 1 fully saturated rings. The van der Waals surface area contributed by atoms with Gasteiger partial charge in [0.15, 0.2) is 0 Å². The number of amides is 1. The van der Waals surface area contributed by atoms with E-state index in [1.807, 2.05) is 39.4 Å². The van der Waals surface area contributed by atoms with Crippen molar-refractivity contribution in [1.29, 1.82) is 0 Å². The SMILES string of the molecule is Cn1cnc(/C=C/C(=O)N2C[C@@H]3C[C@H](C2)c2ccc(Br)c(=O)n2C3)c1. The largest absolute Gasteiger partial charge is 0.340 e. The third kappa shape index (κ3) is 3.08. The number of piperidine rings is 1. The molecule has 25 heavy (non-hydrogen) atoms. The van der Waals surface area contributed by atoms with Crippen molar-refractivity contribution in [2.24, 2.45) is 13.0 Å². The van der Waals surface area contributed by atoms with Crippen molar-refractivity contribution in [3.8, 4) is 0 Å². The average molecular weight is 403 g/mol. The van der Waals surface area contributed by atoms with Gasteiger partial charge in [0, 0.05) is 50.6 Å². The molecule has 0 spiro atoms. The molecule has 4 rings (SSSR count). The molecule has 0 aliphatic carbocycles. The second-order valence-electron chi connectivity index (χ2n) is 6.86. The van der Waals surface area contributed by atoms with Gasteiger partial charge in [0.05, 0.1) is 16.5 Å². The van der Waals surface area contributed by atoms with Crippen molar-refractivity contribution < 1.29 is 4.79 Å². The molecule has 130 valence electrons. The Morgan fingerprint density at radius 1 is 1.32 bits per heavy atom. The van der Waals surface area contributed by atoms with Gasteiger partial charge in [-0.3, -0.25) is 9.59 Å². The number of aryl methyl sites for hydroxylation is 1. The van der Waals surface area contributed by atoms with Crippen LogP contribution in [0.15, 0.2) is 40.0 Å². The van der Waals surface area contributed by atoms with Gasteiger partial charge in [-0.2, -0.15) is 0 Å². The molecule has 2 aromatic heterocycles. The Hall–Kier alpha value is -2.15. The molecular formula is C18H19BrN4O2. The zero-order valence-electron chi connectivity index (χ0n) is 13.9. The summed E-state index contributed by atoms with van der Waals surface area (Å²) in [7, 11) is 1.90. The lowest BCUT2D eigenvalue weighted by molar-refractivity contribution is -0.128. The van der Waals surface area contributed by atoms with Gasteiger partial charge < -0.3 is 14.0 Å². The Morgan fingerprint density at radius 3 is 2.92 bits per heavy atom. The zero-order valence-corrected chi connectivity index (χ0v) is 15.5. The maximum Gasteiger partial charge on any atom is 0.265 e. The summed E-state index contributed by atoms with van der Waals surface area (Å²) in [6.45, 7) is 2.03. The number of nitrogens with zero attached hydrogens (tertiary/aromatic N) is 4. The molecule has 4 heterocycles. The maximum absolute atomic E-state index is 12.6. The molecule has 6 nitrogen and oxygen atoms in total. The third-order valence-corrected chi connectivity index (χ3v) is 5.59. The van der Waals surface area contributed by atoms with E-state index in [4.69, 9.17) is 0 Å². The number of aromatic nitrogens is 3. The Kier molecular flexibility index (Phi) is 4.11. The molecule has 1 saturated heterocycles. The van der Waals surface area contributed by atoms with Crippen LogP contribution in [0.5, 0.6) is 0 Å². The molecule has 2 aliphatic heterocycles. The minimum Gasteiger partial charge on any atom is -0.340 e. The quantitative estimate of drug-likeness (QED) is 0.721. The van der Waals surface area contributed by atoms with Crippen molar-refractivity contribution in [1.82, 2.24) is 19.0 Å². The topological polar surface area (TPSA) is 60.1 Å². The predicted octanol–water partition coefficient (Wildman–Crippen LogP) is 2.00. The predicted molar refractivity (Wildman–Crippen MR) is 98.1 cm³/mol. The first-order valence-electron chi connectivity index (χ1n) is 8.35. The van der Waals surface area contributed by atoms with Crippen molar-refractivity contribution in [3.05, 3.63) is 56.9 Å². The van der Waals surface area contributed by atoms with E-state index in [2.05, 4.69) is 20.9 Å². The number of rotatable bonds is 2. The molecule has 2 aliphatic rings. The smallest absolute Gasteiger partial charge is 0.265 e. The highest BCUT2D eigenvalue weighted by Gasteiger charge is 2.36. The summed E-state index contributed by atoms with van der Waals surface area (Å²) in [5.74, 6) is 0.555. The Bertz CT molecular complexity index is 914. The van der Waals surface area contributed by atoms with E-state index in [0.717, 1.165) is 17.8 Å². The fourth-order valence-corrected chi connectivity index (χ4v) is 4.23. The summed E-state index contributed by atoms with van der Waals surface area (Å²) in [6.07, 6.45) is 7.96. The second-order valence-corrected chi connectivity index (χ2v) is 7.72. The summed E-state index contributed by atoms with van der Waals surface area (Å²) in [6, 6.07) is 3.82. The van der Waals surface area contributed by atoms with Crippen LogP contribution in [-0.2, 0) is 18.4 Å². The lowest BCUT2D eigenvalue weighted by Gasteiger charge is -2.42. The van der Waals surface area contributed by atoms with E-state index in [-0.39, 0.29) is 17.4 Å². The number of halogens is 1. The highest BCUT2D eigenvalue weighted by atomic mass is 79.9. The third-order valence-electron chi connectivity index (χ3n) is 4.99. The van der Waals surface area contributed by atoms with Crippen LogP contribution >= 0.6 is 15.9 Å². The number of imidazole rings is 1. The van der Waals surface area contributed by atoms with Crippen molar-refractivity contribution in [3.63, 3.8) is 0 Å². The van der Waals surface area contributed by atoms with E-state index in [0.29, 0.717) is 30.0 Å². The second kappa shape index (κ2) is 6.29. The number of fused-ring (bicyclic) bond motifs is 4. The summed E-state index contributed by atoms with van der Waals surface area (Å²) in [5, 5.41) is 0. The van der Waals surface area contributed by atoms with E-state index >= 15 is 0 Å². The van der Waals surface area contributed by atoms with Crippen LogP contribution in [0.3, 0.4) is 0 Å². The molecule has 2 atom stereocenters. The van der Waals surface area contributed by atoms with Crippen molar-refractivity contribution in [2.45, 2.75) is 18.9 Å². The molecule has 7 heteroatoms. The van der Waals surface area contributed by atoms with E-state index < -0.39 is 0 Å². The maximum atomic E-state index is 12.6. The van der Waals surface area contributed by atoms with Crippen LogP contribution in [0, 0.1) is 5.92 Å². The minimum absolute atomic E-state index is 0.00765. The summed E-state index contributed by atoms with van der Waals surface area (Å²) < 4.78 is 4.32. The fourth-order valence-electron chi connectivity index (χ4n) is 3.88. The van der Waals surface area contributed by atoms with Crippen molar-refractivity contribution >= 4 is 27.9 Å². The van der Waals surface area contributed by atoms with Gasteiger partial charge >= 0.3 is 0 Å². The highest BCUT2D eigenvalue weighted by Crippen LogP contribution is 2.35. The Labute approximate surface area is 153 Å². The van der Waals surface area contributed by atoms with Gasteiger partial charge in [-0.05, 0) is 46.5 Å². The molecule has 0 saturated carbocycles. The summed E-state index contributed by atoms with van der Waals surface area (Å²) in [5.41, 5.74) is 1.84. The number of pyridine rings is 1. The van der Waals surface area contributed by atoms with Gasteiger partial charge in [-0.15, -0.1) is 0 Å². The van der Waals surface area contributed by atoms with Gasteiger partial charge in [0.25, 0.3) is 5.56 Å². The van der Waals surface area contributed by atoms with E-state index in [1.165, 1.54) is 0 Å². The summed E-state index contributed by atoms with van der Waals surface area (Å²) in [4.78, 5) is 31.0. The molecule has 2 bridgehead atoms. The van der Waals surface area contributed by atoms with Crippen LogP contribution in [0.2, 0.25) is 0 Å². The minimum atomic E-state index is 0.00765. The zero-order chi connectivity index (χ0) is 17.6. The monoisotopic (exact) mass is 402 g/mol. The number of likely N-dealkylation sites (tertiary alicyclic amines) is 1. The van der Waals surface area contributed by atoms with Crippen LogP contribution in [-0.4, -0.2) is 38.0 Å². The van der Waals surface area contributed by atoms with Crippen LogP contribution in [0.4, 0.5) is 0 Å². The first-order valence-corrected chi connectivity index (χ1v) is 9.15. The Morgan fingerprint density at radius 2 is 2.16 bits per heavy atom. The number of hydrogen-bond donors (Lipinski definition) is 0. The number of carbonyl (C=O) groups excluding carboxylic acids is 1. The summed E-state index contributed by atoms with van der Waals surface area (Å²) >= 11 is 3.32. The van der Waals surface area contributed by atoms with E-state index in [1.54, 1.807) is 18.5 Å². The molecular weight excluding hydrogens is 384 g/mol. The molecule has 2 aromatic rings. The standard InChI is InChI=1S/C18H19BrN4O2/c1-21-10-14(20-11-21)2-5-17(24)22-7-12-6-13(9-22)16-4-3-15(19)18(25)23(16)8-12/h2-5,10-13H,6-9H2,1H3/b5-2+/t12-,13+/m0/s1. The fraction of sp³-hybridized carbons (Fsp3) is 0.389. The molecule has 0 unspecified atom stereocenters. The van der Waals surface area contributed by atoms with Gasteiger partial charge in [-0.25, -0.2) is 4.98 Å². The van der Waals surface area contributed by atoms with Gasteiger partial charge in [-0.1, -0.05) is 0 Å².